The molecule has 0 spiro atoms. The lowest BCUT2D eigenvalue weighted by atomic mass is 9.95. The van der Waals surface area contributed by atoms with Crippen molar-refractivity contribution in [1.82, 2.24) is 4.90 Å². The van der Waals surface area contributed by atoms with E-state index in [-0.39, 0.29) is 39.4 Å². The first-order valence-electron chi connectivity index (χ1n) is 9.32. The number of rotatable bonds is 3. The van der Waals surface area contributed by atoms with Gasteiger partial charge < -0.3 is 14.8 Å². The summed E-state index contributed by atoms with van der Waals surface area (Å²) in [5.74, 6) is 4.62. The zero-order chi connectivity index (χ0) is 20.8. The normalized spacial score (nSPS) is 27.1. The summed E-state index contributed by atoms with van der Waals surface area (Å²) >= 11 is -0.306. The summed E-state index contributed by atoms with van der Waals surface area (Å²) in [7, 11) is 1.94. The maximum atomic E-state index is 15.0. The van der Waals surface area contributed by atoms with Crippen LogP contribution in [-0.4, -0.2) is 53.5 Å². The lowest BCUT2D eigenvalue weighted by Crippen LogP contribution is -2.53. The summed E-state index contributed by atoms with van der Waals surface area (Å²) in [5, 5.41) is 12.3. The molecule has 0 unspecified atom stereocenters. The van der Waals surface area contributed by atoms with Crippen molar-refractivity contribution in [2.45, 2.75) is 54.0 Å². The first-order valence-corrected chi connectivity index (χ1v) is 10.1. The summed E-state index contributed by atoms with van der Waals surface area (Å²) in [6, 6.07) is 4.51. The number of furan rings is 1. The van der Waals surface area contributed by atoms with Crippen molar-refractivity contribution in [2.24, 2.45) is 0 Å². The van der Waals surface area contributed by atoms with E-state index < -0.39 is 24.3 Å². The molecule has 2 aliphatic rings. The minimum absolute atomic E-state index is 0.149. The first-order chi connectivity index (χ1) is 13.8. The van der Waals surface area contributed by atoms with Crippen LogP contribution in [0.5, 0.6) is 0 Å². The highest BCUT2D eigenvalue weighted by atomic mass is 32.2. The zero-order valence-electron chi connectivity index (χ0n) is 15.6. The first kappa shape index (κ1) is 20.4. The molecule has 156 valence electrons. The molecule has 1 aromatic heterocycles. The van der Waals surface area contributed by atoms with Crippen molar-refractivity contribution < 1.29 is 27.1 Å². The van der Waals surface area contributed by atoms with Crippen LogP contribution in [0.2, 0.25) is 0 Å². The Morgan fingerprint density at radius 2 is 2.14 bits per heavy atom. The van der Waals surface area contributed by atoms with E-state index in [0.717, 1.165) is 12.8 Å². The van der Waals surface area contributed by atoms with Gasteiger partial charge in [-0.05, 0) is 56.1 Å². The van der Waals surface area contributed by atoms with Gasteiger partial charge in [0.1, 0.15) is 12.8 Å². The number of nitrogens with zero attached hydrogens (tertiary/aromatic N) is 1. The lowest BCUT2D eigenvalue weighted by molar-refractivity contribution is -0.0328. The van der Waals surface area contributed by atoms with Crippen molar-refractivity contribution in [3.63, 3.8) is 0 Å². The number of halogens is 4. The van der Waals surface area contributed by atoms with Crippen LogP contribution in [0.25, 0.3) is 11.0 Å². The highest BCUT2D eigenvalue weighted by molar-refractivity contribution is 8.00. The van der Waals surface area contributed by atoms with Gasteiger partial charge in [0.15, 0.2) is 11.3 Å². The third-order valence-electron chi connectivity index (χ3n) is 5.68. The Labute approximate surface area is 169 Å². The van der Waals surface area contributed by atoms with E-state index in [1.54, 1.807) is 12.1 Å². The second-order valence-electron chi connectivity index (χ2n) is 7.35. The number of nitrogens with one attached hydrogen (secondary N) is 1. The fourth-order valence-electron chi connectivity index (χ4n) is 4.37. The predicted molar refractivity (Wildman–Crippen MR) is 104 cm³/mol. The number of anilines is 1. The van der Waals surface area contributed by atoms with Gasteiger partial charge in [-0.2, -0.15) is 13.2 Å². The summed E-state index contributed by atoms with van der Waals surface area (Å²) < 4.78 is 59.8. The van der Waals surface area contributed by atoms with Crippen LogP contribution in [0, 0.1) is 11.8 Å². The Morgan fingerprint density at radius 1 is 1.34 bits per heavy atom. The summed E-state index contributed by atoms with van der Waals surface area (Å²) in [4.78, 5) is 1.93. The number of fused-ring (bicyclic) bond motifs is 3. The number of piperidine rings is 1. The number of benzene rings is 1. The van der Waals surface area contributed by atoms with Gasteiger partial charge in [-0.1, -0.05) is 12.0 Å². The number of thioether (sulfide) groups is 1. The molecule has 4 nitrogen and oxygen atoms in total. The van der Waals surface area contributed by atoms with E-state index in [1.165, 1.54) is 6.07 Å². The van der Waals surface area contributed by atoms with Gasteiger partial charge in [0.2, 0.25) is 0 Å². The van der Waals surface area contributed by atoms with Crippen molar-refractivity contribution in [3.05, 3.63) is 24.0 Å². The monoisotopic (exact) mass is 428 g/mol. The van der Waals surface area contributed by atoms with Gasteiger partial charge in [0.05, 0.1) is 16.6 Å². The zero-order valence-corrected chi connectivity index (χ0v) is 16.4. The Morgan fingerprint density at radius 3 is 2.86 bits per heavy atom. The molecule has 2 aromatic rings. The van der Waals surface area contributed by atoms with Crippen LogP contribution in [-0.2, 0) is 0 Å². The number of aliphatic hydroxyl groups is 1. The molecular formula is C20H20F4N2O2S. The molecule has 2 N–H and O–H groups in total. The predicted octanol–water partition coefficient (Wildman–Crippen LogP) is 4.37. The number of alkyl halides is 4. The molecule has 2 aliphatic heterocycles. The van der Waals surface area contributed by atoms with Crippen LogP contribution < -0.4 is 5.32 Å². The third-order valence-corrected chi connectivity index (χ3v) is 6.52. The Kier molecular flexibility index (Phi) is 5.44. The van der Waals surface area contributed by atoms with E-state index in [0.29, 0.717) is 18.2 Å². The average Bonchev–Trinajstić information content (AvgIpc) is 3.13. The summed E-state index contributed by atoms with van der Waals surface area (Å²) in [5.41, 5.74) is -3.87. The van der Waals surface area contributed by atoms with Crippen LogP contribution in [0.1, 0.15) is 25.0 Å². The highest BCUT2D eigenvalue weighted by Gasteiger charge is 2.46. The number of hydrogen-bond donors (Lipinski definition) is 2. The quantitative estimate of drug-likeness (QED) is 0.432. The minimum atomic E-state index is -4.52. The van der Waals surface area contributed by atoms with Crippen molar-refractivity contribution in [1.29, 1.82) is 0 Å². The molecule has 2 saturated heterocycles. The molecule has 0 saturated carbocycles. The van der Waals surface area contributed by atoms with Crippen molar-refractivity contribution in [3.8, 4) is 11.8 Å². The molecule has 9 heteroatoms. The number of aliphatic hydroxyl groups excluding tert-OH is 1. The lowest BCUT2D eigenvalue weighted by Gasteiger charge is -2.39. The maximum Gasteiger partial charge on any atom is 0.446 e. The molecule has 29 heavy (non-hydrogen) atoms. The number of para-hydroxylation sites is 1. The molecule has 2 fully saturated rings. The fourth-order valence-corrected chi connectivity index (χ4v) is 5.06. The second kappa shape index (κ2) is 7.74. The van der Waals surface area contributed by atoms with Crippen LogP contribution in [0.4, 0.5) is 23.2 Å². The third kappa shape index (κ3) is 3.93. The van der Waals surface area contributed by atoms with Gasteiger partial charge in [-0.3, -0.25) is 4.90 Å². The molecular weight excluding hydrogens is 408 g/mol. The van der Waals surface area contributed by atoms with E-state index in [4.69, 9.17) is 9.52 Å². The average molecular weight is 428 g/mol. The Hall–Kier alpha value is -1.89. The van der Waals surface area contributed by atoms with Crippen LogP contribution in [0.15, 0.2) is 27.5 Å². The van der Waals surface area contributed by atoms with Crippen LogP contribution in [0.3, 0.4) is 0 Å². The molecule has 4 atom stereocenters. The SMILES string of the molecule is CN1[C@@H]2CC[C@H]1[C@H](F)[C@H](Nc1cccc3c(SC(F)(F)F)c(C#CCO)oc13)C2. The van der Waals surface area contributed by atoms with Gasteiger partial charge in [-0.25, -0.2) is 4.39 Å². The second-order valence-corrected chi connectivity index (χ2v) is 8.42. The maximum absolute atomic E-state index is 15.0. The van der Waals surface area contributed by atoms with E-state index in [9.17, 15) is 13.2 Å². The van der Waals surface area contributed by atoms with Crippen LogP contribution >= 0.6 is 11.8 Å². The molecule has 1 aromatic carbocycles. The smallest absolute Gasteiger partial charge is 0.444 e. The Bertz CT molecular complexity index is 965. The van der Waals surface area contributed by atoms with Crippen molar-refractivity contribution in [2.75, 3.05) is 19.0 Å². The van der Waals surface area contributed by atoms with E-state index in [1.807, 2.05) is 7.05 Å². The van der Waals surface area contributed by atoms with Gasteiger partial charge in [-0.15, -0.1) is 0 Å². The standard InChI is InChI=1S/C20H20F4N2O2S/c1-26-11-7-8-15(26)17(21)14(10-11)25-13-5-2-4-12-18(13)28-16(6-3-9-27)19(12)29-20(22,23)24/h2,4-5,11,14-15,17,25,27H,7-10H2,1H3/t11-,14-,15+,17-/m1/s1. The molecule has 4 rings (SSSR count). The summed E-state index contributed by atoms with van der Waals surface area (Å²) in [6.45, 7) is -0.500. The Balaban J connectivity index is 1.70. The van der Waals surface area contributed by atoms with Gasteiger partial charge in [0.25, 0.3) is 0 Å². The highest BCUT2D eigenvalue weighted by Crippen LogP contribution is 2.45. The van der Waals surface area contributed by atoms with Crippen molar-refractivity contribution >= 4 is 28.4 Å². The molecule has 0 amide bonds. The largest absolute Gasteiger partial charge is 0.446 e. The van der Waals surface area contributed by atoms with Gasteiger partial charge in [0, 0.05) is 17.5 Å². The molecule has 3 heterocycles. The number of hydrogen-bond acceptors (Lipinski definition) is 5. The van der Waals surface area contributed by atoms with E-state index >= 15 is 4.39 Å². The van der Waals surface area contributed by atoms with E-state index in [2.05, 4.69) is 22.1 Å². The molecule has 0 radical (unpaired) electrons. The topological polar surface area (TPSA) is 48.6 Å². The fraction of sp³-hybridized carbons (Fsp3) is 0.500. The summed E-state index contributed by atoms with van der Waals surface area (Å²) in [6.07, 6.45) is 1.28. The van der Waals surface area contributed by atoms with Gasteiger partial charge >= 0.3 is 5.51 Å². The molecule has 0 aliphatic carbocycles. The molecule has 2 bridgehead atoms. The minimum Gasteiger partial charge on any atom is -0.444 e.